The van der Waals surface area contributed by atoms with E-state index in [2.05, 4.69) is 0 Å². The van der Waals surface area contributed by atoms with Crippen molar-refractivity contribution in [2.24, 2.45) is 0 Å². The number of non-ortho nitro benzene ring substituents is 1. The van der Waals surface area contributed by atoms with Gasteiger partial charge in [0.05, 0.1) is 4.92 Å². The molecule has 0 aromatic heterocycles. The number of aliphatic carboxylic acids is 2. The van der Waals surface area contributed by atoms with Gasteiger partial charge in [-0.15, -0.1) is 0 Å². The summed E-state index contributed by atoms with van der Waals surface area (Å²) < 4.78 is 0. The normalized spacial score (nSPS) is 7.89. The number of hydrogen-bond donors (Lipinski definition) is 3. The molecule has 8 nitrogen and oxygen atoms in total. The molecular weight excluding hydrogens is 244 g/mol. The second kappa shape index (κ2) is 9.58. The van der Waals surface area contributed by atoms with Gasteiger partial charge in [-0.1, -0.05) is 0 Å². The topological polar surface area (TPSA) is 144 Å². The van der Waals surface area contributed by atoms with Gasteiger partial charge in [-0.25, -0.2) is 0 Å². The third-order valence-corrected chi connectivity index (χ3v) is 1.10. The van der Waals surface area contributed by atoms with E-state index in [0.717, 1.165) is 13.8 Å². The highest BCUT2D eigenvalue weighted by Crippen LogP contribution is 2.11. The summed E-state index contributed by atoms with van der Waals surface area (Å²) >= 11 is 0. The van der Waals surface area contributed by atoms with Crippen LogP contribution in [0.15, 0.2) is 24.3 Å². The third kappa shape index (κ3) is 15.8. The number of benzene rings is 1. The fourth-order valence-corrected chi connectivity index (χ4v) is 0.596. The highest BCUT2D eigenvalue weighted by atomic mass is 16.6. The first-order valence-corrected chi connectivity index (χ1v) is 4.55. The van der Waals surface area contributed by atoms with Gasteiger partial charge in [0.1, 0.15) is 0 Å². The lowest BCUT2D eigenvalue weighted by Gasteiger charge is -1.90. The Morgan fingerprint density at radius 1 is 1.11 bits per heavy atom. The van der Waals surface area contributed by atoms with E-state index in [1.165, 1.54) is 24.3 Å². The predicted octanol–water partition coefficient (Wildman–Crippen LogP) is 1.36. The summed E-state index contributed by atoms with van der Waals surface area (Å²) in [5.41, 5.74) is 5.90. The summed E-state index contributed by atoms with van der Waals surface area (Å²) in [6.45, 7) is 2.17. The van der Waals surface area contributed by atoms with Gasteiger partial charge in [-0.2, -0.15) is 0 Å². The molecule has 0 amide bonds. The zero-order valence-electron chi connectivity index (χ0n) is 9.86. The van der Waals surface area contributed by atoms with Crippen molar-refractivity contribution in [3.8, 4) is 0 Å². The monoisotopic (exact) mass is 258 g/mol. The van der Waals surface area contributed by atoms with Crippen LogP contribution in [0.25, 0.3) is 0 Å². The van der Waals surface area contributed by atoms with Crippen LogP contribution in [-0.2, 0) is 9.59 Å². The number of rotatable bonds is 1. The molecule has 1 rings (SSSR count). The quantitative estimate of drug-likeness (QED) is 0.391. The van der Waals surface area contributed by atoms with Crippen LogP contribution in [0, 0.1) is 10.1 Å². The summed E-state index contributed by atoms with van der Waals surface area (Å²) in [7, 11) is 0. The number of anilines is 1. The van der Waals surface area contributed by atoms with E-state index in [4.69, 9.17) is 25.5 Å². The first kappa shape index (κ1) is 17.7. The van der Waals surface area contributed by atoms with Crippen molar-refractivity contribution in [1.82, 2.24) is 0 Å². The second-order valence-electron chi connectivity index (χ2n) is 2.89. The summed E-state index contributed by atoms with van der Waals surface area (Å²) in [6, 6.07) is 5.74. The minimum absolute atomic E-state index is 0.0641. The molecule has 0 bridgehead atoms. The van der Waals surface area contributed by atoms with Crippen LogP contribution in [0.1, 0.15) is 13.8 Å². The van der Waals surface area contributed by atoms with Crippen molar-refractivity contribution in [3.05, 3.63) is 34.4 Å². The lowest BCUT2D eigenvalue weighted by atomic mass is 10.3. The van der Waals surface area contributed by atoms with E-state index < -0.39 is 16.9 Å². The SMILES string of the molecule is CC(=O)O.CC(=O)O.Nc1ccc([N+](=O)[O-])cc1. The van der Waals surface area contributed by atoms with Gasteiger partial charge in [0, 0.05) is 31.7 Å². The molecule has 100 valence electrons. The highest BCUT2D eigenvalue weighted by Gasteiger charge is 2.00. The Morgan fingerprint density at radius 2 is 1.39 bits per heavy atom. The Hall–Kier alpha value is -2.64. The second-order valence-corrected chi connectivity index (χ2v) is 2.89. The molecule has 0 saturated heterocycles. The third-order valence-electron chi connectivity index (χ3n) is 1.10. The molecule has 1 aromatic carbocycles. The predicted molar refractivity (Wildman–Crippen MR) is 64.1 cm³/mol. The molecule has 0 aliphatic heterocycles. The summed E-state index contributed by atoms with van der Waals surface area (Å²) in [5.74, 6) is -1.67. The smallest absolute Gasteiger partial charge is 0.300 e. The van der Waals surface area contributed by atoms with E-state index in [1.54, 1.807) is 0 Å². The van der Waals surface area contributed by atoms with Crippen LogP contribution in [0.3, 0.4) is 0 Å². The van der Waals surface area contributed by atoms with Crippen LogP contribution in [-0.4, -0.2) is 27.1 Å². The number of carbonyl (C=O) groups is 2. The average molecular weight is 258 g/mol. The van der Waals surface area contributed by atoms with Crippen LogP contribution >= 0.6 is 0 Å². The maximum Gasteiger partial charge on any atom is 0.300 e. The van der Waals surface area contributed by atoms with Crippen molar-refractivity contribution in [2.75, 3.05) is 5.73 Å². The lowest BCUT2D eigenvalue weighted by molar-refractivity contribution is -0.384. The molecule has 0 atom stereocenters. The molecule has 18 heavy (non-hydrogen) atoms. The van der Waals surface area contributed by atoms with Crippen molar-refractivity contribution in [2.45, 2.75) is 13.8 Å². The largest absolute Gasteiger partial charge is 0.481 e. The molecule has 0 saturated carbocycles. The Bertz CT molecular complexity index is 381. The number of nitrogens with zero attached hydrogens (tertiary/aromatic N) is 1. The number of carboxylic acid groups (broad SMARTS) is 2. The van der Waals surface area contributed by atoms with E-state index in [-0.39, 0.29) is 5.69 Å². The van der Waals surface area contributed by atoms with E-state index >= 15 is 0 Å². The van der Waals surface area contributed by atoms with Crippen molar-refractivity contribution < 1.29 is 24.7 Å². The van der Waals surface area contributed by atoms with E-state index in [1.807, 2.05) is 0 Å². The Balaban J connectivity index is 0. The minimum atomic E-state index is -0.833. The maximum absolute atomic E-state index is 10.1. The number of hydrogen-bond acceptors (Lipinski definition) is 5. The van der Waals surface area contributed by atoms with E-state index in [0.29, 0.717) is 5.69 Å². The molecule has 0 unspecified atom stereocenters. The molecule has 8 heteroatoms. The molecule has 0 aliphatic carbocycles. The van der Waals surface area contributed by atoms with Crippen LogP contribution in [0.4, 0.5) is 11.4 Å². The van der Waals surface area contributed by atoms with Gasteiger partial charge >= 0.3 is 0 Å². The zero-order chi connectivity index (χ0) is 14.7. The van der Waals surface area contributed by atoms with Crippen molar-refractivity contribution in [3.63, 3.8) is 0 Å². The number of nitrogen functional groups attached to an aromatic ring is 1. The van der Waals surface area contributed by atoms with Gasteiger partial charge in [0.15, 0.2) is 0 Å². The van der Waals surface area contributed by atoms with Crippen LogP contribution in [0.2, 0.25) is 0 Å². The van der Waals surface area contributed by atoms with Crippen LogP contribution < -0.4 is 5.73 Å². The molecule has 4 N–H and O–H groups in total. The van der Waals surface area contributed by atoms with Crippen LogP contribution in [0.5, 0.6) is 0 Å². The standard InChI is InChI=1S/C6H6N2O2.2C2H4O2/c7-5-1-3-6(4-2-5)8(9)10;2*1-2(3)4/h1-4H,7H2;2*1H3,(H,3,4). The van der Waals surface area contributed by atoms with Gasteiger partial charge in [0.25, 0.3) is 17.6 Å². The molecular formula is C10H14N2O6. The minimum Gasteiger partial charge on any atom is -0.481 e. The number of nitro benzene ring substituents is 1. The van der Waals surface area contributed by atoms with Crippen molar-refractivity contribution in [1.29, 1.82) is 0 Å². The summed E-state index contributed by atoms with van der Waals surface area (Å²) in [5, 5.41) is 24.9. The Labute approximate surface area is 103 Å². The van der Waals surface area contributed by atoms with Gasteiger partial charge in [-0.3, -0.25) is 19.7 Å². The summed E-state index contributed by atoms with van der Waals surface area (Å²) in [4.78, 5) is 27.6. The zero-order valence-corrected chi connectivity index (χ0v) is 9.86. The Morgan fingerprint density at radius 3 is 1.61 bits per heavy atom. The van der Waals surface area contributed by atoms with E-state index in [9.17, 15) is 10.1 Å². The fourth-order valence-electron chi connectivity index (χ4n) is 0.596. The molecule has 0 fully saturated rings. The number of nitro groups is 1. The molecule has 0 heterocycles. The molecule has 1 aromatic rings. The number of nitrogens with two attached hydrogens (primary N) is 1. The first-order chi connectivity index (χ1) is 8.16. The fraction of sp³-hybridized carbons (Fsp3) is 0.200. The maximum atomic E-state index is 10.1. The van der Waals surface area contributed by atoms with Gasteiger partial charge in [-0.05, 0) is 12.1 Å². The molecule has 0 spiro atoms. The molecule has 0 radical (unpaired) electrons. The van der Waals surface area contributed by atoms with Gasteiger partial charge in [0.2, 0.25) is 0 Å². The van der Waals surface area contributed by atoms with Gasteiger partial charge < -0.3 is 15.9 Å². The van der Waals surface area contributed by atoms with Crippen molar-refractivity contribution >= 4 is 23.3 Å². The first-order valence-electron chi connectivity index (χ1n) is 4.55. The summed E-state index contributed by atoms with van der Waals surface area (Å²) in [6.07, 6.45) is 0. The molecule has 0 aliphatic rings. The lowest BCUT2D eigenvalue weighted by Crippen LogP contribution is -1.88. The number of carboxylic acids is 2. The highest BCUT2D eigenvalue weighted by molar-refractivity contribution is 5.63. The average Bonchev–Trinajstić information content (AvgIpc) is 2.16. The Kier molecular flexibility index (Phi) is 9.44.